The number of pyridine rings is 2. The Morgan fingerprint density at radius 3 is 2.61 bits per heavy atom. The average Bonchev–Trinajstić information content (AvgIpc) is 2.76. The van der Waals surface area contributed by atoms with Gasteiger partial charge in [-0.3, -0.25) is 14.8 Å². The zero-order valence-electron chi connectivity index (χ0n) is 15.6. The number of aromatic nitrogens is 2. The van der Waals surface area contributed by atoms with E-state index in [1.165, 1.54) is 0 Å². The number of carbonyl (C=O) groups excluding carboxylic acids is 1. The second-order valence-electron chi connectivity index (χ2n) is 7.13. The minimum absolute atomic E-state index is 0.0620. The van der Waals surface area contributed by atoms with Gasteiger partial charge in [0.25, 0.3) is 5.91 Å². The second kappa shape index (κ2) is 8.53. The van der Waals surface area contributed by atoms with Crippen LogP contribution < -0.4 is 0 Å². The number of piperidine rings is 1. The molecule has 1 aliphatic heterocycles. The van der Waals surface area contributed by atoms with Gasteiger partial charge in [0.15, 0.2) is 0 Å². The Bertz CT molecular complexity index is 953. The van der Waals surface area contributed by atoms with Crippen molar-refractivity contribution in [2.45, 2.75) is 25.2 Å². The van der Waals surface area contributed by atoms with Gasteiger partial charge in [0.1, 0.15) is 0 Å². The lowest BCUT2D eigenvalue weighted by molar-refractivity contribution is 0.0711. The summed E-state index contributed by atoms with van der Waals surface area (Å²) in [5.74, 6) is 0.441. The maximum Gasteiger partial charge on any atom is 0.255 e. The fourth-order valence-electron chi connectivity index (χ4n) is 3.71. The molecule has 4 rings (SSSR count). The first-order valence-electron chi connectivity index (χ1n) is 9.59. The minimum atomic E-state index is 0.0620. The molecule has 0 saturated carbocycles. The first-order chi connectivity index (χ1) is 13.7. The lowest BCUT2D eigenvalue weighted by Crippen LogP contribution is -2.38. The molecule has 1 aromatic carbocycles. The Morgan fingerprint density at radius 1 is 1.04 bits per heavy atom. The summed E-state index contributed by atoms with van der Waals surface area (Å²) in [5, 5.41) is 0.775. The SMILES string of the molecule is O=C(c1cccnc1)N1CCC(c2cccc(Cc3ccccc3Cl)n2)CC1. The zero-order valence-corrected chi connectivity index (χ0v) is 16.3. The highest BCUT2D eigenvalue weighted by Crippen LogP contribution is 2.28. The molecule has 0 atom stereocenters. The van der Waals surface area contributed by atoms with Crippen LogP contribution in [0.4, 0.5) is 0 Å². The molecule has 28 heavy (non-hydrogen) atoms. The van der Waals surface area contributed by atoms with E-state index in [1.807, 2.05) is 41.3 Å². The van der Waals surface area contributed by atoms with E-state index >= 15 is 0 Å². The van der Waals surface area contributed by atoms with E-state index in [0.29, 0.717) is 11.5 Å². The summed E-state index contributed by atoms with van der Waals surface area (Å²) in [6.45, 7) is 1.49. The van der Waals surface area contributed by atoms with Gasteiger partial charge >= 0.3 is 0 Å². The van der Waals surface area contributed by atoms with Crippen molar-refractivity contribution in [3.05, 3.63) is 94.5 Å². The molecule has 0 radical (unpaired) electrons. The quantitative estimate of drug-likeness (QED) is 0.645. The summed E-state index contributed by atoms with van der Waals surface area (Å²) in [7, 11) is 0. The van der Waals surface area contributed by atoms with Crippen LogP contribution in [0.25, 0.3) is 0 Å². The van der Waals surface area contributed by atoms with Gasteiger partial charge in [-0.1, -0.05) is 35.9 Å². The van der Waals surface area contributed by atoms with Crippen molar-refractivity contribution >= 4 is 17.5 Å². The standard InChI is InChI=1S/C23H22ClN3O/c24-21-8-2-1-5-18(21)15-20-7-3-9-22(26-20)17-10-13-27(14-11-17)23(28)19-6-4-12-25-16-19/h1-9,12,16-17H,10-11,13-15H2. The first-order valence-corrected chi connectivity index (χ1v) is 9.97. The third-order valence-electron chi connectivity index (χ3n) is 5.27. The number of nitrogens with zero attached hydrogens (tertiary/aromatic N) is 3. The van der Waals surface area contributed by atoms with Crippen molar-refractivity contribution in [1.82, 2.24) is 14.9 Å². The van der Waals surface area contributed by atoms with Crippen LogP contribution in [-0.4, -0.2) is 33.9 Å². The van der Waals surface area contributed by atoms with Gasteiger partial charge in [-0.25, -0.2) is 0 Å². The van der Waals surface area contributed by atoms with E-state index in [4.69, 9.17) is 16.6 Å². The number of carbonyl (C=O) groups is 1. The highest BCUT2D eigenvalue weighted by Gasteiger charge is 2.25. The van der Waals surface area contributed by atoms with Gasteiger partial charge in [0.05, 0.1) is 5.56 Å². The fraction of sp³-hybridized carbons (Fsp3) is 0.261. The molecular formula is C23H22ClN3O. The zero-order chi connectivity index (χ0) is 19.3. The van der Waals surface area contributed by atoms with Gasteiger partial charge in [-0.05, 0) is 48.7 Å². The largest absolute Gasteiger partial charge is 0.339 e. The number of hydrogen-bond acceptors (Lipinski definition) is 3. The molecule has 0 spiro atoms. The number of hydrogen-bond donors (Lipinski definition) is 0. The van der Waals surface area contributed by atoms with Crippen LogP contribution in [0.2, 0.25) is 5.02 Å². The summed E-state index contributed by atoms with van der Waals surface area (Å²) in [5.41, 5.74) is 3.88. The molecule has 0 unspecified atom stereocenters. The van der Waals surface area contributed by atoms with Crippen LogP contribution in [0.15, 0.2) is 67.0 Å². The summed E-state index contributed by atoms with van der Waals surface area (Å²) in [4.78, 5) is 23.4. The number of amides is 1. The van der Waals surface area contributed by atoms with Crippen LogP contribution in [0.5, 0.6) is 0 Å². The van der Waals surface area contributed by atoms with Crippen LogP contribution in [-0.2, 0) is 6.42 Å². The Balaban J connectivity index is 1.41. The third kappa shape index (κ3) is 4.23. The molecule has 1 saturated heterocycles. The summed E-state index contributed by atoms with van der Waals surface area (Å²) < 4.78 is 0. The van der Waals surface area contributed by atoms with Crippen molar-refractivity contribution in [1.29, 1.82) is 0 Å². The molecule has 142 valence electrons. The van der Waals surface area contributed by atoms with Crippen molar-refractivity contribution in [2.24, 2.45) is 0 Å². The van der Waals surface area contributed by atoms with Crippen molar-refractivity contribution in [3.63, 3.8) is 0 Å². The maximum atomic E-state index is 12.6. The third-order valence-corrected chi connectivity index (χ3v) is 5.64. The normalized spacial score (nSPS) is 14.8. The van der Waals surface area contributed by atoms with Crippen LogP contribution in [0.3, 0.4) is 0 Å². The minimum Gasteiger partial charge on any atom is -0.339 e. The van der Waals surface area contributed by atoms with Crippen molar-refractivity contribution in [2.75, 3.05) is 13.1 Å². The Hall–Kier alpha value is -2.72. The fourth-order valence-corrected chi connectivity index (χ4v) is 3.91. The highest BCUT2D eigenvalue weighted by atomic mass is 35.5. The number of rotatable bonds is 4. The molecule has 3 heterocycles. The van der Waals surface area contributed by atoms with E-state index in [9.17, 15) is 4.79 Å². The van der Waals surface area contributed by atoms with Gasteiger partial charge < -0.3 is 4.90 Å². The number of likely N-dealkylation sites (tertiary alicyclic amines) is 1. The monoisotopic (exact) mass is 391 g/mol. The molecule has 0 aliphatic carbocycles. The average molecular weight is 392 g/mol. The second-order valence-corrected chi connectivity index (χ2v) is 7.54. The van der Waals surface area contributed by atoms with Crippen LogP contribution in [0.1, 0.15) is 46.1 Å². The Labute approximate surface area is 170 Å². The summed E-state index contributed by atoms with van der Waals surface area (Å²) >= 11 is 6.29. The maximum absolute atomic E-state index is 12.6. The molecule has 0 N–H and O–H groups in total. The topological polar surface area (TPSA) is 46.1 Å². The lowest BCUT2D eigenvalue weighted by Gasteiger charge is -2.32. The van der Waals surface area contributed by atoms with Gasteiger partial charge in [-0.15, -0.1) is 0 Å². The van der Waals surface area contributed by atoms with Gasteiger partial charge in [0, 0.05) is 54.2 Å². The van der Waals surface area contributed by atoms with E-state index in [2.05, 4.69) is 17.1 Å². The molecule has 2 aromatic heterocycles. The smallest absolute Gasteiger partial charge is 0.255 e. The first kappa shape index (κ1) is 18.6. The molecule has 3 aromatic rings. The predicted molar refractivity (Wildman–Crippen MR) is 111 cm³/mol. The molecule has 1 fully saturated rings. The van der Waals surface area contributed by atoms with Gasteiger partial charge in [-0.2, -0.15) is 0 Å². The van der Waals surface area contributed by atoms with E-state index in [1.54, 1.807) is 18.5 Å². The van der Waals surface area contributed by atoms with Crippen LogP contribution >= 0.6 is 11.6 Å². The molecule has 0 bridgehead atoms. The number of benzene rings is 1. The van der Waals surface area contributed by atoms with Gasteiger partial charge in [0.2, 0.25) is 0 Å². The van der Waals surface area contributed by atoms with Crippen LogP contribution in [0, 0.1) is 0 Å². The Kier molecular flexibility index (Phi) is 5.68. The molecule has 1 amide bonds. The van der Waals surface area contributed by atoms with E-state index in [0.717, 1.165) is 54.3 Å². The molecule has 5 heteroatoms. The summed E-state index contributed by atoms with van der Waals surface area (Å²) in [6, 6.07) is 17.7. The predicted octanol–water partition coefficient (Wildman–Crippen LogP) is 4.74. The van der Waals surface area contributed by atoms with E-state index < -0.39 is 0 Å². The van der Waals surface area contributed by atoms with E-state index in [-0.39, 0.29) is 5.91 Å². The van der Waals surface area contributed by atoms with Crippen molar-refractivity contribution in [3.8, 4) is 0 Å². The lowest BCUT2D eigenvalue weighted by atomic mass is 9.92. The summed E-state index contributed by atoms with van der Waals surface area (Å²) in [6.07, 6.45) is 5.90. The Morgan fingerprint density at radius 2 is 1.86 bits per heavy atom. The molecule has 1 aliphatic rings. The van der Waals surface area contributed by atoms with Crippen molar-refractivity contribution < 1.29 is 4.79 Å². The highest BCUT2D eigenvalue weighted by molar-refractivity contribution is 6.31. The number of halogens is 1. The molecular weight excluding hydrogens is 370 g/mol. The molecule has 4 nitrogen and oxygen atoms in total.